The van der Waals surface area contributed by atoms with Gasteiger partial charge in [0.2, 0.25) is 0 Å². The number of hydrogen-bond donors (Lipinski definition) is 2. The molecule has 1 aliphatic heterocycles. The van der Waals surface area contributed by atoms with Gasteiger partial charge in [-0.05, 0) is 38.0 Å². The van der Waals surface area contributed by atoms with Crippen molar-refractivity contribution in [1.82, 2.24) is 25.0 Å². The normalized spacial score (nSPS) is 17.0. The number of urea groups is 1. The maximum Gasteiger partial charge on any atom is 0.321 e. The first-order valence-corrected chi connectivity index (χ1v) is 8.70. The van der Waals surface area contributed by atoms with E-state index in [0.717, 1.165) is 24.5 Å². The van der Waals surface area contributed by atoms with E-state index in [0.29, 0.717) is 24.3 Å². The highest BCUT2D eigenvalue weighted by Gasteiger charge is 2.27. The zero-order chi connectivity index (χ0) is 18.7. The van der Waals surface area contributed by atoms with E-state index in [1.165, 1.54) is 4.90 Å². The Morgan fingerprint density at radius 1 is 1.35 bits per heavy atom. The second-order valence-corrected chi connectivity index (χ2v) is 6.77. The Labute approximate surface area is 152 Å². The standard InChI is InChI=1S/C18H24N6O2/c1-12-19-16(22-21-12)14-7-5-9-24(11-14)18(26)20-15-8-4-6-13(10-15)17(25)23(2)3/h4,6,8,10,14H,5,7,9,11H2,1-3H3,(H,20,26)(H,19,21,22)/t14-/m1/s1. The number of likely N-dealkylation sites (tertiary alicyclic amines) is 1. The molecule has 0 unspecified atom stereocenters. The molecule has 138 valence electrons. The Morgan fingerprint density at radius 3 is 2.85 bits per heavy atom. The molecule has 0 bridgehead atoms. The molecule has 1 aromatic carbocycles. The highest BCUT2D eigenvalue weighted by Crippen LogP contribution is 2.25. The molecule has 0 aliphatic carbocycles. The Hall–Kier alpha value is -2.90. The number of amides is 3. The lowest BCUT2D eigenvalue weighted by Crippen LogP contribution is -2.41. The van der Waals surface area contributed by atoms with Crippen molar-refractivity contribution < 1.29 is 9.59 Å². The molecule has 1 fully saturated rings. The topological polar surface area (TPSA) is 94.2 Å². The average Bonchev–Trinajstić information content (AvgIpc) is 3.08. The molecule has 3 rings (SSSR count). The van der Waals surface area contributed by atoms with Crippen LogP contribution in [0.25, 0.3) is 0 Å². The van der Waals surface area contributed by atoms with E-state index < -0.39 is 0 Å². The van der Waals surface area contributed by atoms with Gasteiger partial charge in [-0.25, -0.2) is 9.78 Å². The molecule has 1 saturated heterocycles. The van der Waals surface area contributed by atoms with Crippen molar-refractivity contribution in [1.29, 1.82) is 0 Å². The molecular formula is C18H24N6O2. The van der Waals surface area contributed by atoms with Gasteiger partial charge in [0.05, 0.1) is 0 Å². The number of benzene rings is 1. The van der Waals surface area contributed by atoms with Crippen LogP contribution in [-0.4, -0.2) is 64.1 Å². The first kappa shape index (κ1) is 17.9. The summed E-state index contributed by atoms with van der Waals surface area (Å²) in [6.07, 6.45) is 1.87. The Morgan fingerprint density at radius 2 is 2.15 bits per heavy atom. The minimum absolute atomic E-state index is 0.0980. The number of anilines is 1. The van der Waals surface area contributed by atoms with Gasteiger partial charge in [-0.15, -0.1) is 0 Å². The SMILES string of the molecule is Cc1nc([C@@H]2CCCN(C(=O)Nc3cccc(C(=O)N(C)C)c3)C2)n[nH]1. The van der Waals surface area contributed by atoms with Gasteiger partial charge in [-0.3, -0.25) is 9.89 Å². The fourth-order valence-electron chi connectivity index (χ4n) is 3.11. The predicted octanol–water partition coefficient (Wildman–Crippen LogP) is 2.23. The smallest absolute Gasteiger partial charge is 0.321 e. The molecule has 0 spiro atoms. The molecular weight excluding hydrogens is 332 g/mol. The predicted molar refractivity (Wildman–Crippen MR) is 98.1 cm³/mol. The number of H-pyrrole nitrogens is 1. The summed E-state index contributed by atoms with van der Waals surface area (Å²) in [5, 5.41) is 9.98. The number of aromatic nitrogens is 3. The zero-order valence-electron chi connectivity index (χ0n) is 15.3. The van der Waals surface area contributed by atoms with Crippen molar-refractivity contribution in [2.45, 2.75) is 25.7 Å². The van der Waals surface area contributed by atoms with Crippen LogP contribution in [-0.2, 0) is 0 Å². The van der Waals surface area contributed by atoms with Gasteiger partial charge < -0.3 is 15.1 Å². The van der Waals surface area contributed by atoms with Gasteiger partial charge in [0.25, 0.3) is 5.91 Å². The van der Waals surface area contributed by atoms with Gasteiger partial charge in [-0.1, -0.05) is 6.07 Å². The molecule has 2 N–H and O–H groups in total. The molecule has 0 radical (unpaired) electrons. The van der Waals surface area contributed by atoms with Crippen LogP contribution >= 0.6 is 0 Å². The molecule has 1 aromatic heterocycles. The third-order valence-electron chi connectivity index (χ3n) is 4.46. The van der Waals surface area contributed by atoms with Crippen LogP contribution < -0.4 is 5.32 Å². The second-order valence-electron chi connectivity index (χ2n) is 6.77. The van der Waals surface area contributed by atoms with Gasteiger partial charge >= 0.3 is 6.03 Å². The zero-order valence-corrected chi connectivity index (χ0v) is 15.3. The lowest BCUT2D eigenvalue weighted by Gasteiger charge is -2.31. The number of nitrogens with one attached hydrogen (secondary N) is 2. The molecule has 0 saturated carbocycles. The van der Waals surface area contributed by atoms with E-state index in [4.69, 9.17) is 0 Å². The van der Waals surface area contributed by atoms with Crippen LogP contribution in [0.4, 0.5) is 10.5 Å². The number of carbonyl (C=O) groups is 2. The van der Waals surface area contributed by atoms with E-state index in [-0.39, 0.29) is 17.9 Å². The van der Waals surface area contributed by atoms with E-state index in [2.05, 4.69) is 20.5 Å². The lowest BCUT2D eigenvalue weighted by molar-refractivity contribution is 0.0827. The average molecular weight is 356 g/mol. The summed E-state index contributed by atoms with van der Waals surface area (Å²) in [6, 6.07) is 6.81. The van der Waals surface area contributed by atoms with Crippen molar-refractivity contribution in [3.8, 4) is 0 Å². The molecule has 1 aliphatic rings. The largest absolute Gasteiger partial charge is 0.345 e. The van der Waals surface area contributed by atoms with Crippen LogP contribution in [0.2, 0.25) is 0 Å². The summed E-state index contributed by atoms with van der Waals surface area (Å²) in [5.74, 6) is 1.59. The number of hydrogen-bond acceptors (Lipinski definition) is 4. The Balaban J connectivity index is 1.66. The third-order valence-corrected chi connectivity index (χ3v) is 4.46. The maximum absolute atomic E-state index is 12.6. The third kappa shape index (κ3) is 4.01. The summed E-state index contributed by atoms with van der Waals surface area (Å²) < 4.78 is 0. The number of aryl methyl sites for hydroxylation is 1. The van der Waals surface area contributed by atoms with E-state index in [9.17, 15) is 9.59 Å². The van der Waals surface area contributed by atoms with E-state index >= 15 is 0 Å². The summed E-state index contributed by atoms with van der Waals surface area (Å²) in [6.45, 7) is 3.15. The monoisotopic (exact) mass is 356 g/mol. The van der Waals surface area contributed by atoms with E-state index in [1.807, 2.05) is 6.92 Å². The highest BCUT2D eigenvalue weighted by molar-refractivity contribution is 5.96. The molecule has 2 aromatic rings. The first-order valence-electron chi connectivity index (χ1n) is 8.70. The molecule has 1 atom stereocenters. The van der Waals surface area contributed by atoms with Crippen LogP contribution in [0.3, 0.4) is 0 Å². The number of carbonyl (C=O) groups excluding carboxylic acids is 2. The molecule has 8 heteroatoms. The maximum atomic E-state index is 12.6. The van der Waals surface area contributed by atoms with Crippen molar-refractivity contribution in [2.75, 3.05) is 32.5 Å². The van der Waals surface area contributed by atoms with Crippen LogP contribution in [0.5, 0.6) is 0 Å². The summed E-state index contributed by atoms with van der Waals surface area (Å²) >= 11 is 0. The number of piperidine rings is 1. The summed E-state index contributed by atoms with van der Waals surface area (Å²) in [7, 11) is 3.40. The minimum Gasteiger partial charge on any atom is -0.345 e. The molecule has 26 heavy (non-hydrogen) atoms. The molecule has 8 nitrogen and oxygen atoms in total. The number of rotatable bonds is 3. The highest BCUT2D eigenvalue weighted by atomic mass is 16.2. The molecule has 3 amide bonds. The fraction of sp³-hybridized carbons (Fsp3) is 0.444. The van der Waals surface area contributed by atoms with Gasteiger partial charge in [0, 0.05) is 44.4 Å². The molecule has 2 heterocycles. The van der Waals surface area contributed by atoms with E-state index in [1.54, 1.807) is 43.3 Å². The van der Waals surface area contributed by atoms with Crippen molar-refractivity contribution >= 4 is 17.6 Å². The number of nitrogens with zero attached hydrogens (tertiary/aromatic N) is 4. The Bertz CT molecular complexity index is 800. The van der Waals surface area contributed by atoms with Crippen LogP contribution in [0, 0.1) is 6.92 Å². The van der Waals surface area contributed by atoms with Gasteiger partial charge in [-0.2, -0.15) is 5.10 Å². The van der Waals surface area contributed by atoms with Crippen molar-refractivity contribution in [3.63, 3.8) is 0 Å². The van der Waals surface area contributed by atoms with Crippen LogP contribution in [0.1, 0.15) is 40.8 Å². The first-order chi connectivity index (χ1) is 12.4. The van der Waals surface area contributed by atoms with Gasteiger partial charge in [0.15, 0.2) is 5.82 Å². The summed E-state index contributed by atoms with van der Waals surface area (Å²) in [5.41, 5.74) is 1.15. The summed E-state index contributed by atoms with van der Waals surface area (Å²) in [4.78, 5) is 32.4. The van der Waals surface area contributed by atoms with Crippen molar-refractivity contribution in [3.05, 3.63) is 41.5 Å². The van der Waals surface area contributed by atoms with Crippen LogP contribution in [0.15, 0.2) is 24.3 Å². The van der Waals surface area contributed by atoms with Gasteiger partial charge in [0.1, 0.15) is 5.82 Å². The number of aromatic amines is 1. The fourth-order valence-corrected chi connectivity index (χ4v) is 3.11. The second kappa shape index (κ2) is 7.55. The quantitative estimate of drug-likeness (QED) is 0.882. The van der Waals surface area contributed by atoms with Crippen molar-refractivity contribution in [2.24, 2.45) is 0 Å². The Kier molecular flexibility index (Phi) is 5.20. The minimum atomic E-state index is -0.170. The lowest BCUT2D eigenvalue weighted by atomic mass is 9.97.